The van der Waals surface area contributed by atoms with Gasteiger partial charge in [-0.2, -0.15) is 8.61 Å². The number of piperidine rings is 2. The molecule has 6 rings (SSSR count). The van der Waals surface area contributed by atoms with Crippen LogP contribution in [0.3, 0.4) is 0 Å². The molecule has 6 aliphatic rings. The number of rotatable bonds is 4. The van der Waals surface area contributed by atoms with Gasteiger partial charge in [0, 0.05) is 151 Å². The zero-order valence-electron chi connectivity index (χ0n) is 40.0. The molecule has 0 radical (unpaired) electrons. The molecular formula is C38H77N9O14S4. The van der Waals surface area contributed by atoms with Crippen molar-refractivity contribution in [3.05, 3.63) is 0 Å². The molecule has 0 aliphatic carbocycles. The molecule has 1 N–H and O–H groups in total. The SMILES string of the molecule is CC(=O)N1CCN(C(C)=O)CC1.CC(=O)N1CCN(C)CC1.CN1CCN(S(C)(=O)=O)CC1.CS(=O)(=O)N1CCC(=O)CC1.CS(=O)(=O)N1CCC(O)CC1.CS(=O)(=O)N1CCOCC1. The van der Waals surface area contributed by atoms with Crippen LogP contribution in [-0.2, 0) is 64.0 Å². The molecule has 0 aromatic rings. The van der Waals surface area contributed by atoms with Crippen LogP contribution in [-0.4, -0.2) is 280 Å². The third kappa shape index (κ3) is 26.0. The maximum absolute atomic E-state index is 11.0. The van der Waals surface area contributed by atoms with Crippen molar-refractivity contribution in [1.29, 1.82) is 0 Å². The lowest BCUT2D eigenvalue weighted by Gasteiger charge is -2.33. The highest BCUT2D eigenvalue weighted by Gasteiger charge is 2.25. The number of amides is 3. The number of ketones is 1. The number of piperazine rings is 3. The van der Waals surface area contributed by atoms with Crippen molar-refractivity contribution in [3.63, 3.8) is 0 Å². The van der Waals surface area contributed by atoms with Gasteiger partial charge < -0.3 is 34.3 Å². The maximum Gasteiger partial charge on any atom is 0.219 e. The van der Waals surface area contributed by atoms with Crippen molar-refractivity contribution in [2.75, 3.05) is 170 Å². The minimum absolute atomic E-state index is 0.0956. The molecule has 0 bridgehead atoms. The number of Topliss-reactive ketones (excluding diaryl/α,β-unsaturated/α-hetero) is 1. The van der Waals surface area contributed by atoms with Crippen LogP contribution in [0, 0.1) is 0 Å². The van der Waals surface area contributed by atoms with Crippen molar-refractivity contribution in [2.45, 2.75) is 52.6 Å². The molecule has 0 atom stereocenters. The first-order valence-electron chi connectivity index (χ1n) is 21.6. The third-order valence-corrected chi connectivity index (χ3v) is 16.3. The molecule has 23 nitrogen and oxygen atoms in total. The summed E-state index contributed by atoms with van der Waals surface area (Å²) in [5.41, 5.74) is 0. The molecule has 6 fully saturated rings. The van der Waals surface area contributed by atoms with Crippen molar-refractivity contribution in [3.8, 4) is 0 Å². The Morgan fingerprint density at radius 3 is 1.00 bits per heavy atom. The van der Waals surface area contributed by atoms with E-state index in [1.807, 2.05) is 11.9 Å². The second-order valence-electron chi connectivity index (χ2n) is 16.7. The first-order chi connectivity index (χ1) is 29.9. The molecular weight excluding hydrogens is 935 g/mol. The number of carbonyl (C=O) groups excluding carboxylic acids is 4. The fraction of sp³-hybridized carbons (Fsp3) is 0.895. The van der Waals surface area contributed by atoms with Crippen molar-refractivity contribution >= 4 is 63.6 Å². The monoisotopic (exact) mass is 1010 g/mol. The lowest BCUT2D eigenvalue weighted by molar-refractivity contribution is -0.137. The van der Waals surface area contributed by atoms with E-state index in [2.05, 4.69) is 16.8 Å². The fourth-order valence-electron chi connectivity index (χ4n) is 6.70. The zero-order valence-corrected chi connectivity index (χ0v) is 43.2. The molecule has 0 aromatic heterocycles. The highest BCUT2D eigenvalue weighted by molar-refractivity contribution is 7.89. The van der Waals surface area contributed by atoms with Gasteiger partial charge in [0.15, 0.2) is 0 Å². The predicted molar refractivity (Wildman–Crippen MR) is 248 cm³/mol. The highest BCUT2D eigenvalue weighted by atomic mass is 32.2. The van der Waals surface area contributed by atoms with E-state index >= 15 is 0 Å². The summed E-state index contributed by atoms with van der Waals surface area (Å²) < 4.78 is 98.1. The third-order valence-electron chi connectivity index (χ3n) is 11.1. The minimum atomic E-state index is -3.07. The summed E-state index contributed by atoms with van der Waals surface area (Å²) in [6.45, 7) is 17.9. The molecule has 0 unspecified atom stereocenters. The standard InChI is InChI=1S/C8H14N2O2.C7H14N2O.C6H14N2O2S.C6H13NO3S.C6H11NO3S.C5H11NO3S/c1-7(11)9-3-5-10(6-4-9)8(2)12;1-7(10)9-5-3-8(2)4-6-9;1-7-3-5-8(6-4-7)11(2,9)10;2*1-11(9,10)7-4-2-6(8)3-5-7;1-10(7,8)6-2-4-9-5-3-6/h3-6H2,1-2H3;3-6H2,1-2H3;3-6H2,1-2H3;6,8H,2-5H2,1H3;2-5H2,1H3;2-5H2,1H3. The Morgan fingerprint density at radius 2 is 0.708 bits per heavy atom. The molecule has 0 saturated carbocycles. The number of hydrogen-bond acceptors (Lipinski definition) is 16. The Balaban J connectivity index is 0.000000390. The minimum Gasteiger partial charge on any atom is -0.393 e. The number of ether oxygens (including phenoxy) is 1. The van der Waals surface area contributed by atoms with Gasteiger partial charge in [0.2, 0.25) is 57.8 Å². The first kappa shape index (κ1) is 60.6. The average Bonchev–Trinajstić information content (AvgIpc) is 3.22. The van der Waals surface area contributed by atoms with E-state index in [9.17, 15) is 52.8 Å². The van der Waals surface area contributed by atoms with Gasteiger partial charge in [-0.1, -0.05) is 0 Å². The summed E-state index contributed by atoms with van der Waals surface area (Å²) in [7, 11) is -7.93. The molecule has 6 aliphatic heterocycles. The number of aliphatic hydroxyl groups excluding tert-OH is 1. The molecule has 27 heteroatoms. The van der Waals surface area contributed by atoms with Crippen LogP contribution < -0.4 is 0 Å². The van der Waals surface area contributed by atoms with Gasteiger partial charge in [0.25, 0.3) is 0 Å². The molecule has 6 saturated heterocycles. The van der Waals surface area contributed by atoms with Crippen LogP contribution in [0.4, 0.5) is 0 Å². The average molecular weight is 1010 g/mol. The largest absolute Gasteiger partial charge is 0.393 e. The van der Waals surface area contributed by atoms with Gasteiger partial charge in [-0.3, -0.25) is 19.2 Å². The second kappa shape index (κ2) is 28.8. The summed E-state index contributed by atoms with van der Waals surface area (Å²) in [5.74, 6) is 0.550. The zero-order chi connectivity index (χ0) is 49.8. The van der Waals surface area contributed by atoms with E-state index < -0.39 is 40.1 Å². The Kier molecular flexibility index (Phi) is 26.8. The number of sulfonamides is 4. The topological polar surface area (TPSA) is 263 Å². The number of aliphatic hydroxyl groups is 1. The van der Waals surface area contributed by atoms with Crippen LogP contribution >= 0.6 is 0 Å². The molecule has 65 heavy (non-hydrogen) atoms. The van der Waals surface area contributed by atoms with Crippen LogP contribution in [0.15, 0.2) is 0 Å². The van der Waals surface area contributed by atoms with Gasteiger partial charge in [-0.05, 0) is 26.9 Å². The molecule has 382 valence electrons. The van der Waals surface area contributed by atoms with E-state index in [-0.39, 0.29) is 29.6 Å². The van der Waals surface area contributed by atoms with E-state index in [1.54, 1.807) is 30.6 Å². The van der Waals surface area contributed by atoms with Gasteiger partial charge in [-0.25, -0.2) is 42.3 Å². The van der Waals surface area contributed by atoms with E-state index in [1.165, 1.54) is 42.2 Å². The molecule has 0 aromatic carbocycles. The lowest BCUT2D eigenvalue weighted by atomic mass is 10.1. The quantitative estimate of drug-likeness (QED) is 0.294. The highest BCUT2D eigenvalue weighted by Crippen LogP contribution is 2.12. The first-order valence-corrected chi connectivity index (χ1v) is 29.0. The molecule has 6 heterocycles. The van der Waals surface area contributed by atoms with Crippen molar-refractivity contribution in [2.24, 2.45) is 0 Å². The van der Waals surface area contributed by atoms with Crippen LogP contribution in [0.25, 0.3) is 0 Å². The smallest absolute Gasteiger partial charge is 0.219 e. The summed E-state index contributed by atoms with van der Waals surface area (Å²) in [6, 6.07) is 0. The second-order valence-corrected chi connectivity index (χ2v) is 24.6. The lowest BCUT2D eigenvalue weighted by Crippen LogP contribution is -2.49. The van der Waals surface area contributed by atoms with Gasteiger partial charge in [0.1, 0.15) is 5.78 Å². The Labute approximate surface area is 389 Å². The number of nitrogens with zero attached hydrogens (tertiary/aromatic N) is 9. The van der Waals surface area contributed by atoms with Crippen molar-refractivity contribution < 1.29 is 62.7 Å². The van der Waals surface area contributed by atoms with Crippen LogP contribution in [0.5, 0.6) is 0 Å². The van der Waals surface area contributed by atoms with Gasteiger partial charge in [-0.15, -0.1) is 0 Å². The number of likely N-dealkylation sites (N-methyl/N-ethyl adjacent to an activating group) is 2. The fourth-order valence-corrected chi connectivity index (χ4v) is 10.1. The van der Waals surface area contributed by atoms with E-state index in [0.29, 0.717) is 117 Å². The Hall–Kier alpha value is -2.44. The normalized spacial score (nSPS) is 21.9. The Morgan fingerprint density at radius 1 is 0.446 bits per heavy atom. The molecule has 0 spiro atoms. The van der Waals surface area contributed by atoms with Crippen molar-refractivity contribution in [1.82, 2.24) is 41.7 Å². The number of morpholine rings is 1. The van der Waals surface area contributed by atoms with E-state index in [0.717, 1.165) is 39.3 Å². The Bertz CT molecular complexity index is 1840. The number of hydrogen-bond donors (Lipinski definition) is 1. The summed E-state index contributed by atoms with van der Waals surface area (Å²) in [5, 5.41) is 9.07. The van der Waals surface area contributed by atoms with Gasteiger partial charge >= 0.3 is 0 Å². The van der Waals surface area contributed by atoms with E-state index in [4.69, 9.17) is 9.84 Å². The maximum atomic E-state index is 11.0. The van der Waals surface area contributed by atoms with Gasteiger partial charge in [0.05, 0.1) is 44.3 Å². The van der Waals surface area contributed by atoms with Crippen LogP contribution in [0.1, 0.15) is 46.5 Å². The molecule has 3 amide bonds. The number of carbonyl (C=O) groups is 4. The summed E-state index contributed by atoms with van der Waals surface area (Å²) in [4.78, 5) is 53.1. The summed E-state index contributed by atoms with van der Waals surface area (Å²) in [6.07, 6.45) is 6.40. The van der Waals surface area contributed by atoms with Crippen LogP contribution in [0.2, 0.25) is 0 Å². The predicted octanol–water partition coefficient (Wildman–Crippen LogP) is -3.04. The summed E-state index contributed by atoms with van der Waals surface area (Å²) >= 11 is 0.